The molecule has 2 atom stereocenters. The molecule has 10 nitrogen and oxygen atoms in total. The van der Waals surface area contributed by atoms with Crippen LogP contribution >= 0.6 is 0 Å². The van der Waals surface area contributed by atoms with Gasteiger partial charge in [-0.2, -0.15) is 20.4 Å². The van der Waals surface area contributed by atoms with Gasteiger partial charge in [-0.3, -0.25) is 19.6 Å². The molecule has 4 aromatic rings. The van der Waals surface area contributed by atoms with Crippen molar-refractivity contribution in [3.8, 4) is 0 Å². The summed E-state index contributed by atoms with van der Waals surface area (Å²) in [7, 11) is 0. The molecule has 0 amide bonds. The average molecular weight is 537 g/mol. The fourth-order valence-electron chi connectivity index (χ4n) is 5.11. The summed E-state index contributed by atoms with van der Waals surface area (Å²) < 4.78 is 0. The van der Waals surface area contributed by atoms with Crippen molar-refractivity contribution in [3.63, 3.8) is 0 Å². The van der Waals surface area contributed by atoms with Crippen LogP contribution in [-0.4, -0.2) is 41.9 Å². The minimum atomic E-state index is 0.0303. The highest BCUT2D eigenvalue weighted by Gasteiger charge is 2.27. The third-order valence-corrected chi connectivity index (χ3v) is 7.20. The zero-order chi connectivity index (χ0) is 27.9. The number of Topliss-reactive ketones (excluding diaryl/α,β-unsaturated/α-hetero) is 2. The highest BCUT2D eigenvalue weighted by Crippen LogP contribution is 2.39. The van der Waals surface area contributed by atoms with Gasteiger partial charge in [-0.05, 0) is 67.8 Å². The zero-order valence-electron chi connectivity index (χ0n) is 22.2. The first-order valence-corrected chi connectivity index (χ1v) is 13.5. The number of hydrogen-bond acceptors (Lipinski definition) is 10. The second kappa shape index (κ2) is 12.5. The number of nitrogens with two attached hydrogens (primary N) is 2. The van der Waals surface area contributed by atoms with Gasteiger partial charge in [-0.25, -0.2) is 0 Å². The molecular formula is C30H32N8O2. The van der Waals surface area contributed by atoms with Gasteiger partial charge in [-0.15, -0.1) is 0 Å². The maximum atomic E-state index is 12.5. The maximum Gasteiger partial charge on any atom is 0.144 e. The lowest BCUT2D eigenvalue weighted by atomic mass is 9.78. The lowest BCUT2D eigenvalue weighted by Gasteiger charge is -2.28. The van der Waals surface area contributed by atoms with Gasteiger partial charge in [0, 0.05) is 36.1 Å². The number of carbonyl (C=O) groups is 2. The van der Waals surface area contributed by atoms with Crippen LogP contribution in [0.4, 0.5) is 11.4 Å². The molecule has 204 valence electrons. The standard InChI is InChI=1S/C30H32N8O2/c31-21-4-6-23(33-17-21)13-27(39)15-25-8-10-29(37-35-25)19-2-1-3-20(12-19)30-11-9-26(36-38-30)16-28(40)14-24-7-5-22(32)18-34-24/h4-11,17-20H,1-3,12-16,31-32H2/t19-,20-/m0/s1. The fraction of sp³-hybridized carbons (Fsp3) is 0.333. The van der Waals surface area contributed by atoms with Gasteiger partial charge in [0.25, 0.3) is 0 Å². The van der Waals surface area contributed by atoms with Gasteiger partial charge in [0.2, 0.25) is 0 Å². The highest BCUT2D eigenvalue weighted by molar-refractivity contribution is 5.82. The maximum absolute atomic E-state index is 12.5. The van der Waals surface area contributed by atoms with Crippen LogP contribution in [0.1, 0.15) is 71.7 Å². The summed E-state index contributed by atoms with van der Waals surface area (Å²) in [5.74, 6) is 0.598. The van der Waals surface area contributed by atoms with E-state index in [0.29, 0.717) is 34.2 Å². The van der Waals surface area contributed by atoms with Crippen molar-refractivity contribution in [2.75, 3.05) is 11.5 Å². The fourth-order valence-corrected chi connectivity index (χ4v) is 5.11. The Kier molecular flexibility index (Phi) is 8.44. The molecule has 4 aromatic heterocycles. The quantitative estimate of drug-likeness (QED) is 0.307. The van der Waals surface area contributed by atoms with Crippen molar-refractivity contribution in [2.45, 2.75) is 63.2 Å². The van der Waals surface area contributed by atoms with E-state index in [-0.39, 0.29) is 49.1 Å². The van der Waals surface area contributed by atoms with Crippen LogP contribution in [0.5, 0.6) is 0 Å². The minimum absolute atomic E-state index is 0.0303. The summed E-state index contributed by atoms with van der Waals surface area (Å²) in [6, 6.07) is 14.8. The van der Waals surface area contributed by atoms with Gasteiger partial charge >= 0.3 is 0 Å². The predicted octanol–water partition coefficient (Wildman–Crippen LogP) is 3.37. The normalized spacial score (nSPS) is 16.9. The van der Waals surface area contributed by atoms with E-state index in [2.05, 4.69) is 30.4 Å². The van der Waals surface area contributed by atoms with Crippen molar-refractivity contribution >= 4 is 22.9 Å². The predicted molar refractivity (Wildman–Crippen MR) is 150 cm³/mol. The molecule has 5 rings (SSSR count). The molecule has 1 aliphatic rings. The van der Waals surface area contributed by atoms with E-state index in [4.69, 9.17) is 11.5 Å². The van der Waals surface area contributed by atoms with Gasteiger partial charge in [-0.1, -0.05) is 6.42 Å². The van der Waals surface area contributed by atoms with Crippen LogP contribution in [0.15, 0.2) is 60.9 Å². The van der Waals surface area contributed by atoms with Crippen LogP contribution in [0.2, 0.25) is 0 Å². The Balaban J connectivity index is 1.13. The van der Waals surface area contributed by atoms with Gasteiger partial charge < -0.3 is 11.5 Å². The summed E-state index contributed by atoms with van der Waals surface area (Å²) in [6.07, 6.45) is 8.05. The number of rotatable bonds is 10. The highest BCUT2D eigenvalue weighted by atomic mass is 16.1. The zero-order valence-corrected chi connectivity index (χ0v) is 22.2. The van der Waals surface area contributed by atoms with Gasteiger partial charge in [0.1, 0.15) is 11.6 Å². The van der Waals surface area contributed by atoms with Crippen LogP contribution in [0, 0.1) is 0 Å². The number of hydrogen-bond donors (Lipinski definition) is 2. The Bertz CT molecular complexity index is 1330. The van der Waals surface area contributed by atoms with Crippen molar-refractivity contribution < 1.29 is 9.59 Å². The summed E-state index contributed by atoms with van der Waals surface area (Å²) in [5.41, 5.74) is 17.0. The van der Waals surface area contributed by atoms with E-state index in [9.17, 15) is 9.59 Å². The molecule has 0 radical (unpaired) electrons. The third kappa shape index (κ3) is 7.28. The van der Waals surface area contributed by atoms with E-state index in [1.807, 2.05) is 24.3 Å². The Morgan fingerprint density at radius 1 is 0.600 bits per heavy atom. The van der Waals surface area contributed by atoms with Crippen LogP contribution < -0.4 is 11.5 Å². The lowest BCUT2D eigenvalue weighted by molar-refractivity contribution is -0.118. The molecule has 1 aliphatic carbocycles. The lowest BCUT2D eigenvalue weighted by Crippen LogP contribution is -2.17. The minimum Gasteiger partial charge on any atom is -0.397 e. The Morgan fingerprint density at radius 3 is 1.40 bits per heavy atom. The first kappa shape index (κ1) is 27.0. The first-order valence-electron chi connectivity index (χ1n) is 13.5. The monoisotopic (exact) mass is 536 g/mol. The van der Waals surface area contributed by atoms with Crippen molar-refractivity contribution in [1.82, 2.24) is 30.4 Å². The Hall–Kier alpha value is -4.60. The number of aromatic nitrogens is 6. The molecule has 4 N–H and O–H groups in total. The molecule has 1 saturated carbocycles. The largest absolute Gasteiger partial charge is 0.397 e. The summed E-state index contributed by atoms with van der Waals surface area (Å²) in [5, 5.41) is 17.6. The average Bonchev–Trinajstić information content (AvgIpc) is 2.96. The molecule has 0 aliphatic heterocycles. The molecule has 0 unspecified atom stereocenters. The van der Waals surface area contributed by atoms with Crippen LogP contribution in [0.25, 0.3) is 0 Å². The number of carbonyl (C=O) groups excluding carboxylic acids is 2. The van der Waals surface area contributed by atoms with Crippen LogP contribution in [-0.2, 0) is 35.3 Å². The molecule has 0 saturated heterocycles. The van der Waals surface area contributed by atoms with E-state index < -0.39 is 0 Å². The Morgan fingerprint density at radius 2 is 1.02 bits per heavy atom. The second-order valence-corrected chi connectivity index (χ2v) is 10.4. The van der Waals surface area contributed by atoms with Crippen molar-refractivity contribution in [3.05, 3.63) is 95.1 Å². The Labute approximate surface area is 232 Å². The van der Waals surface area contributed by atoms with E-state index in [0.717, 1.165) is 37.1 Å². The van der Waals surface area contributed by atoms with E-state index >= 15 is 0 Å². The molecule has 4 heterocycles. The molecule has 1 fully saturated rings. The summed E-state index contributed by atoms with van der Waals surface area (Å²) in [4.78, 5) is 33.3. The molecule has 0 spiro atoms. The number of nitrogen functional groups attached to an aromatic ring is 2. The molecule has 40 heavy (non-hydrogen) atoms. The number of pyridine rings is 2. The number of anilines is 2. The van der Waals surface area contributed by atoms with Crippen molar-refractivity contribution in [2.24, 2.45) is 0 Å². The molecule has 0 aromatic carbocycles. The SMILES string of the molecule is Nc1ccc(CC(=O)Cc2ccc([C@H]3CCC[C@H](c4ccc(CC(=O)Cc5ccc(N)cn5)nn4)C3)nn2)nc1. The third-order valence-electron chi connectivity index (χ3n) is 7.20. The topological polar surface area (TPSA) is 164 Å². The first-order chi connectivity index (χ1) is 19.4. The van der Waals surface area contributed by atoms with Crippen LogP contribution in [0.3, 0.4) is 0 Å². The van der Waals surface area contributed by atoms with Crippen molar-refractivity contribution in [1.29, 1.82) is 0 Å². The van der Waals surface area contributed by atoms with Gasteiger partial charge in [0.15, 0.2) is 0 Å². The smallest absolute Gasteiger partial charge is 0.144 e. The number of ketones is 2. The molecular weight excluding hydrogens is 504 g/mol. The van der Waals surface area contributed by atoms with Gasteiger partial charge in [0.05, 0.1) is 59.4 Å². The number of nitrogens with zero attached hydrogens (tertiary/aromatic N) is 6. The summed E-state index contributed by atoms with van der Waals surface area (Å²) in [6.45, 7) is 0. The van der Waals surface area contributed by atoms with E-state index in [1.54, 1.807) is 36.7 Å². The molecule has 0 bridgehead atoms. The summed E-state index contributed by atoms with van der Waals surface area (Å²) >= 11 is 0. The van der Waals surface area contributed by atoms with E-state index in [1.165, 1.54) is 0 Å². The molecule has 10 heteroatoms. The second-order valence-electron chi connectivity index (χ2n) is 10.4.